The lowest BCUT2D eigenvalue weighted by Crippen LogP contribution is -2.13. The molecule has 5 nitrogen and oxygen atoms in total. The number of aromatic nitrogens is 4. The van der Waals surface area contributed by atoms with Crippen LogP contribution in [0.5, 0.6) is 0 Å². The number of benzene rings is 1. The predicted octanol–water partition coefficient (Wildman–Crippen LogP) is 3.17. The van der Waals surface area contributed by atoms with Crippen LogP contribution < -0.4 is 5.32 Å². The van der Waals surface area contributed by atoms with Gasteiger partial charge in [-0.3, -0.25) is 0 Å². The fourth-order valence-electron chi connectivity index (χ4n) is 2.94. The Morgan fingerprint density at radius 2 is 1.96 bits per heavy atom. The second-order valence-corrected chi connectivity index (χ2v) is 6.78. The number of hydrogen-bond donors (Lipinski definition) is 1. The molecule has 3 aromatic rings. The van der Waals surface area contributed by atoms with Gasteiger partial charge in [0.1, 0.15) is 5.82 Å². The first-order valence-electron chi connectivity index (χ1n) is 8.13. The van der Waals surface area contributed by atoms with Crippen molar-refractivity contribution in [2.75, 3.05) is 13.1 Å². The standard InChI is InChI=1S/C18H19N5S/c1-2-4-14(5-3-1)13-24-18-21-10-15(11-22-18)17-20-8-9-23(17)16-6-7-19-12-16/h1-5,8-11,16,19H,6-7,12-13H2/t16-/m0/s1. The normalized spacial score (nSPS) is 17.2. The number of rotatable bonds is 5. The smallest absolute Gasteiger partial charge is 0.187 e. The Balaban J connectivity index is 1.47. The maximum atomic E-state index is 4.50. The molecule has 1 fully saturated rings. The van der Waals surface area contributed by atoms with Crippen molar-refractivity contribution >= 4 is 11.8 Å². The van der Waals surface area contributed by atoms with Gasteiger partial charge in [-0.15, -0.1) is 0 Å². The van der Waals surface area contributed by atoms with E-state index in [1.54, 1.807) is 11.8 Å². The van der Waals surface area contributed by atoms with Crippen LogP contribution in [0.2, 0.25) is 0 Å². The second kappa shape index (κ2) is 7.15. The molecule has 0 bridgehead atoms. The molecule has 24 heavy (non-hydrogen) atoms. The molecule has 0 unspecified atom stereocenters. The molecule has 1 atom stereocenters. The highest BCUT2D eigenvalue weighted by molar-refractivity contribution is 7.98. The number of imidazole rings is 1. The summed E-state index contributed by atoms with van der Waals surface area (Å²) in [4.78, 5) is 13.5. The summed E-state index contributed by atoms with van der Waals surface area (Å²) in [5, 5.41) is 4.19. The third kappa shape index (κ3) is 3.34. The quantitative estimate of drug-likeness (QED) is 0.572. The maximum Gasteiger partial charge on any atom is 0.187 e. The molecule has 4 rings (SSSR count). The molecule has 1 aliphatic rings. The highest BCUT2D eigenvalue weighted by atomic mass is 32.2. The van der Waals surface area contributed by atoms with Crippen LogP contribution in [-0.2, 0) is 5.75 Å². The van der Waals surface area contributed by atoms with E-state index in [0.29, 0.717) is 6.04 Å². The van der Waals surface area contributed by atoms with Gasteiger partial charge in [-0.05, 0) is 18.5 Å². The number of thioether (sulfide) groups is 1. The number of hydrogen-bond acceptors (Lipinski definition) is 5. The summed E-state index contributed by atoms with van der Waals surface area (Å²) in [6.07, 6.45) is 8.79. The second-order valence-electron chi connectivity index (χ2n) is 5.83. The molecule has 0 amide bonds. The average Bonchev–Trinajstić information content (AvgIpc) is 3.32. The Bertz CT molecular complexity index is 779. The molecule has 122 valence electrons. The van der Waals surface area contributed by atoms with Crippen LogP contribution in [-0.4, -0.2) is 32.6 Å². The fourth-order valence-corrected chi connectivity index (χ4v) is 3.68. The maximum absolute atomic E-state index is 4.50. The highest BCUT2D eigenvalue weighted by Gasteiger charge is 2.19. The molecule has 1 N–H and O–H groups in total. The zero-order valence-electron chi connectivity index (χ0n) is 13.3. The van der Waals surface area contributed by atoms with E-state index < -0.39 is 0 Å². The van der Waals surface area contributed by atoms with Gasteiger partial charge >= 0.3 is 0 Å². The first-order chi connectivity index (χ1) is 11.9. The van der Waals surface area contributed by atoms with E-state index in [9.17, 15) is 0 Å². The van der Waals surface area contributed by atoms with Crippen LogP contribution >= 0.6 is 11.8 Å². The summed E-state index contributed by atoms with van der Waals surface area (Å²) in [6.45, 7) is 2.06. The molecule has 3 heterocycles. The Kier molecular flexibility index (Phi) is 4.57. The van der Waals surface area contributed by atoms with E-state index in [1.807, 2.05) is 30.9 Å². The predicted molar refractivity (Wildman–Crippen MR) is 95.8 cm³/mol. The minimum atomic E-state index is 0.467. The SMILES string of the molecule is c1ccc(CSc2ncc(-c3nccn3[C@H]3CCNC3)cn2)cc1. The Morgan fingerprint density at radius 1 is 1.12 bits per heavy atom. The van der Waals surface area contributed by atoms with Gasteiger partial charge in [0.15, 0.2) is 5.16 Å². The largest absolute Gasteiger partial charge is 0.327 e. The van der Waals surface area contributed by atoms with Gasteiger partial charge in [0.05, 0.1) is 5.56 Å². The fraction of sp³-hybridized carbons (Fsp3) is 0.278. The van der Waals surface area contributed by atoms with Crippen molar-refractivity contribution in [3.05, 3.63) is 60.7 Å². The Labute approximate surface area is 145 Å². The minimum absolute atomic E-state index is 0.467. The summed E-state index contributed by atoms with van der Waals surface area (Å²) in [6, 6.07) is 10.8. The average molecular weight is 337 g/mol. The number of nitrogens with zero attached hydrogens (tertiary/aromatic N) is 4. The third-order valence-corrected chi connectivity index (χ3v) is 5.14. The number of nitrogens with one attached hydrogen (secondary N) is 1. The van der Waals surface area contributed by atoms with E-state index in [0.717, 1.165) is 41.8 Å². The lowest BCUT2D eigenvalue weighted by Gasteiger charge is -2.14. The molecule has 1 aliphatic heterocycles. The van der Waals surface area contributed by atoms with E-state index in [-0.39, 0.29) is 0 Å². The van der Waals surface area contributed by atoms with E-state index in [1.165, 1.54) is 5.56 Å². The van der Waals surface area contributed by atoms with Crippen LogP contribution in [0.3, 0.4) is 0 Å². The van der Waals surface area contributed by atoms with Gasteiger partial charge < -0.3 is 9.88 Å². The summed E-state index contributed by atoms with van der Waals surface area (Å²) in [7, 11) is 0. The van der Waals surface area contributed by atoms with Crippen LogP contribution in [0.4, 0.5) is 0 Å². The van der Waals surface area contributed by atoms with Crippen molar-refractivity contribution in [1.29, 1.82) is 0 Å². The van der Waals surface area contributed by atoms with E-state index >= 15 is 0 Å². The lowest BCUT2D eigenvalue weighted by atomic mass is 10.2. The van der Waals surface area contributed by atoms with Crippen LogP contribution in [0.15, 0.2) is 60.3 Å². The first kappa shape index (κ1) is 15.4. The zero-order valence-corrected chi connectivity index (χ0v) is 14.1. The molecule has 0 radical (unpaired) electrons. The molecule has 0 spiro atoms. The topological polar surface area (TPSA) is 55.6 Å². The van der Waals surface area contributed by atoms with Gasteiger partial charge in [-0.1, -0.05) is 42.1 Å². The summed E-state index contributed by atoms with van der Waals surface area (Å²) in [5.41, 5.74) is 2.25. The summed E-state index contributed by atoms with van der Waals surface area (Å²) >= 11 is 1.65. The highest BCUT2D eigenvalue weighted by Crippen LogP contribution is 2.25. The molecule has 0 aliphatic carbocycles. The van der Waals surface area contributed by atoms with Crippen molar-refractivity contribution in [3.8, 4) is 11.4 Å². The van der Waals surface area contributed by atoms with E-state index in [2.05, 4.69) is 49.1 Å². The van der Waals surface area contributed by atoms with Crippen LogP contribution in [0, 0.1) is 0 Å². The van der Waals surface area contributed by atoms with Gasteiger partial charge in [0.25, 0.3) is 0 Å². The molecule has 0 saturated carbocycles. The van der Waals surface area contributed by atoms with Gasteiger partial charge in [0.2, 0.25) is 0 Å². The third-order valence-electron chi connectivity index (χ3n) is 4.19. The minimum Gasteiger partial charge on any atom is -0.327 e. The molecule has 1 saturated heterocycles. The molecule has 6 heteroatoms. The first-order valence-corrected chi connectivity index (χ1v) is 9.11. The monoisotopic (exact) mass is 337 g/mol. The summed E-state index contributed by atoms with van der Waals surface area (Å²) < 4.78 is 2.23. The van der Waals surface area contributed by atoms with E-state index in [4.69, 9.17) is 0 Å². The zero-order chi connectivity index (χ0) is 16.2. The van der Waals surface area contributed by atoms with Crippen LogP contribution in [0.1, 0.15) is 18.0 Å². The van der Waals surface area contributed by atoms with Crippen molar-refractivity contribution in [2.24, 2.45) is 0 Å². The lowest BCUT2D eigenvalue weighted by molar-refractivity contribution is 0.552. The van der Waals surface area contributed by atoms with Crippen molar-refractivity contribution in [2.45, 2.75) is 23.4 Å². The van der Waals surface area contributed by atoms with Crippen molar-refractivity contribution in [3.63, 3.8) is 0 Å². The van der Waals surface area contributed by atoms with Gasteiger partial charge in [0, 0.05) is 43.1 Å². The van der Waals surface area contributed by atoms with Gasteiger partial charge in [-0.2, -0.15) is 0 Å². The Hall–Kier alpha value is -2.18. The van der Waals surface area contributed by atoms with Gasteiger partial charge in [-0.25, -0.2) is 15.0 Å². The van der Waals surface area contributed by atoms with Crippen molar-refractivity contribution in [1.82, 2.24) is 24.8 Å². The Morgan fingerprint density at radius 3 is 2.71 bits per heavy atom. The molecule has 1 aromatic carbocycles. The molecule has 2 aromatic heterocycles. The molecular formula is C18H19N5S. The molecular weight excluding hydrogens is 318 g/mol. The summed E-state index contributed by atoms with van der Waals surface area (Å²) in [5.74, 6) is 1.83. The van der Waals surface area contributed by atoms with Crippen LogP contribution in [0.25, 0.3) is 11.4 Å². The van der Waals surface area contributed by atoms with Crippen molar-refractivity contribution < 1.29 is 0 Å².